The van der Waals surface area contributed by atoms with Gasteiger partial charge in [-0.15, -0.1) is 0 Å². The number of benzene rings is 1. The first-order valence-electron chi connectivity index (χ1n) is 8.01. The number of esters is 1. The van der Waals surface area contributed by atoms with E-state index in [0.29, 0.717) is 24.1 Å². The van der Waals surface area contributed by atoms with Crippen LogP contribution in [0, 0.1) is 15.5 Å². The number of ether oxygens (including phenoxy) is 1. The molecule has 128 valence electrons. The van der Waals surface area contributed by atoms with Crippen molar-refractivity contribution in [3.63, 3.8) is 0 Å². The number of rotatable bonds is 5. The molecule has 0 bridgehead atoms. The zero-order valence-electron chi connectivity index (χ0n) is 13.8. The summed E-state index contributed by atoms with van der Waals surface area (Å²) in [7, 11) is 2.92. The van der Waals surface area contributed by atoms with Crippen LogP contribution in [0.3, 0.4) is 0 Å². The monoisotopic (exact) mass is 332 g/mol. The molecule has 2 aliphatic carbocycles. The van der Waals surface area contributed by atoms with Crippen LogP contribution in [0.5, 0.6) is 0 Å². The maximum Gasteiger partial charge on any atom is 0.306 e. The van der Waals surface area contributed by atoms with Gasteiger partial charge in [0.05, 0.1) is 29.3 Å². The molecule has 0 radical (unpaired) electrons. The van der Waals surface area contributed by atoms with Gasteiger partial charge >= 0.3 is 5.97 Å². The van der Waals surface area contributed by atoms with Crippen molar-refractivity contribution in [2.24, 2.45) is 5.41 Å². The summed E-state index contributed by atoms with van der Waals surface area (Å²) >= 11 is 0. The van der Waals surface area contributed by atoms with Gasteiger partial charge in [-0.05, 0) is 24.5 Å². The molecule has 2 aliphatic rings. The first kappa shape index (κ1) is 16.4. The maximum atomic E-state index is 12.9. The molecule has 1 N–H and O–H groups in total. The van der Waals surface area contributed by atoms with E-state index in [1.807, 2.05) is 0 Å². The molecule has 7 heteroatoms. The molecule has 2 fully saturated rings. The minimum atomic E-state index is -0.781. The van der Waals surface area contributed by atoms with E-state index in [0.717, 1.165) is 12.8 Å². The van der Waals surface area contributed by atoms with E-state index in [1.165, 1.54) is 13.2 Å². The lowest BCUT2D eigenvalue weighted by Gasteiger charge is -2.27. The lowest BCUT2D eigenvalue weighted by atomic mass is 9.74. The molecule has 3 rings (SSSR count). The minimum absolute atomic E-state index is 0.0180. The number of nitrogens with one attached hydrogen (secondary N) is 1. The third kappa shape index (κ3) is 2.03. The largest absolute Gasteiger partial charge is 0.469 e. The van der Waals surface area contributed by atoms with Crippen molar-refractivity contribution in [1.29, 1.82) is 0 Å². The molecule has 2 atom stereocenters. The normalized spacial score (nSPS) is 28.0. The lowest BCUT2D eigenvalue weighted by Crippen LogP contribution is -2.26. The van der Waals surface area contributed by atoms with Crippen molar-refractivity contribution in [2.75, 3.05) is 19.5 Å². The SMILES string of the molecule is CNc1ccc(C23CCCCC2(CC(=O)OC)C3=O)cc1[N+](=O)[O-]. The Morgan fingerprint density at radius 3 is 2.71 bits per heavy atom. The Labute approximate surface area is 139 Å². The molecule has 0 aromatic heterocycles. The molecular formula is C17H20N2O5. The summed E-state index contributed by atoms with van der Waals surface area (Å²) in [4.78, 5) is 35.5. The highest BCUT2D eigenvalue weighted by Crippen LogP contribution is 2.70. The van der Waals surface area contributed by atoms with Gasteiger partial charge in [0.15, 0.2) is 5.78 Å². The van der Waals surface area contributed by atoms with E-state index in [-0.39, 0.29) is 17.9 Å². The molecule has 7 nitrogen and oxygen atoms in total. The van der Waals surface area contributed by atoms with Crippen molar-refractivity contribution < 1.29 is 19.2 Å². The van der Waals surface area contributed by atoms with Crippen LogP contribution in [-0.4, -0.2) is 30.8 Å². The van der Waals surface area contributed by atoms with Crippen LogP contribution in [0.4, 0.5) is 11.4 Å². The predicted octanol–water partition coefficient (Wildman–Crippen LogP) is 2.58. The quantitative estimate of drug-likeness (QED) is 0.505. The standard InChI is InChI=1S/C17H20N2O5/c1-18-12-6-5-11(9-13(12)19(22)23)17-8-4-3-7-16(17,15(17)21)10-14(20)24-2/h5-6,9,18H,3-4,7-8,10H2,1-2H3. The molecular weight excluding hydrogens is 312 g/mol. The van der Waals surface area contributed by atoms with Crippen LogP contribution < -0.4 is 5.32 Å². The fourth-order valence-corrected chi connectivity index (χ4v) is 4.38. The second-order valence-corrected chi connectivity index (χ2v) is 6.52. The van der Waals surface area contributed by atoms with Crippen LogP contribution in [0.15, 0.2) is 18.2 Å². The summed E-state index contributed by atoms with van der Waals surface area (Å²) in [5.41, 5.74) is -0.546. The number of ketones is 1. The van der Waals surface area contributed by atoms with E-state index in [1.54, 1.807) is 19.2 Å². The van der Waals surface area contributed by atoms with Crippen LogP contribution in [0.1, 0.15) is 37.7 Å². The average molecular weight is 332 g/mol. The highest BCUT2D eigenvalue weighted by Gasteiger charge is 2.78. The number of nitrogens with zero attached hydrogens (tertiary/aromatic N) is 1. The van der Waals surface area contributed by atoms with Gasteiger partial charge in [-0.2, -0.15) is 0 Å². The molecule has 1 aromatic carbocycles. The Morgan fingerprint density at radius 1 is 1.38 bits per heavy atom. The lowest BCUT2D eigenvalue weighted by molar-refractivity contribution is -0.384. The van der Waals surface area contributed by atoms with Gasteiger partial charge in [0.25, 0.3) is 5.69 Å². The van der Waals surface area contributed by atoms with E-state index in [4.69, 9.17) is 4.74 Å². The Morgan fingerprint density at radius 2 is 2.08 bits per heavy atom. The summed E-state index contributed by atoms with van der Waals surface area (Å²) in [6.07, 6.45) is 3.04. The molecule has 2 unspecified atom stereocenters. The fraction of sp³-hybridized carbons (Fsp3) is 0.529. The number of nitro benzene ring substituents is 1. The number of nitro groups is 1. The Kier molecular flexibility index (Phi) is 3.81. The summed E-state index contributed by atoms with van der Waals surface area (Å²) in [5, 5.41) is 14.1. The van der Waals surface area contributed by atoms with Crippen LogP contribution >= 0.6 is 0 Å². The van der Waals surface area contributed by atoms with Crippen LogP contribution in [0.25, 0.3) is 0 Å². The van der Waals surface area contributed by atoms with Crippen molar-refractivity contribution in [3.8, 4) is 0 Å². The molecule has 1 aromatic rings. The maximum absolute atomic E-state index is 12.9. The molecule has 24 heavy (non-hydrogen) atoms. The van der Waals surface area contributed by atoms with E-state index >= 15 is 0 Å². The average Bonchev–Trinajstić information content (AvgIpc) is 3.13. The number of Topliss-reactive ketones (excluding diaryl/α,β-unsaturated/α-hetero) is 1. The van der Waals surface area contributed by atoms with Gasteiger partial charge in [-0.3, -0.25) is 19.7 Å². The summed E-state index contributed by atoms with van der Waals surface area (Å²) in [5.74, 6) is -0.391. The minimum Gasteiger partial charge on any atom is -0.469 e. The highest BCUT2D eigenvalue weighted by atomic mass is 16.6. The van der Waals surface area contributed by atoms with E-state index in [9.17, 15) is 19.7 Å². The molecule has 0 heterocycles. The van der Waals surface area contributed by atoms with Crippen molar-refractivity contribution in [2.45, 2.75) is 37.5 Å². The molecule has 2 saturated carbocycles. The second kappa shape index (κ2) is 5.58. The predicted molar refractivity (Wildman–Crippen MR) is 86.9 cm³/mol. The van der Waals surface area contributed by atoms with Gasteiger partial charge in [0, 0.05) is 13.1 Å². The Balaban J connectivity index is 2.07. The van der Waals surface area contributed by atoms with Gasteiger partial charge in [0.2, 0.25) is 0 Å². The first-order valence-corrected chi connectivity index (χ1v) is 8.01. The van der Waals surface area contributed by atoms with Crippen molar-refractivity contribution in [3.05, 3.63) is 33.9 Å². The molecule has 0 saturated heterocycles. The van der Waals surface area contributed by atoms with Crippen molar-refractivity contribution in [1.82, 2.24) is 0 Å². The van der Waals surface area contributed by atoms with Crippen molar-refractivity contribution >= 4 is 23.1 Å². The zero-order chi connectivity index (χ0) is 17.5. The number of carbonyl (C=O) groups is 2. The molecule has 0 aliphatic heterocycles. The number of carbonyl (C=O) groups excluding carboxylic acids is 2. The topological polar surface area (TPSA) is 98.5 Å². The Hall–Kier alpha value is -2.44. The highest BCUT2D eigenvalue weighted by molar-refractivity contribution is 6.15. The van der Waals surface area contributed by atoms with Gasteiger partial charge in [-0.25, -0.2) is 0 Å². The Bertz CT molecular complexity index is 732. The van der Waals surface area contributed by atoms with Gasteiger partial charge in [-0.1, -0.05) is 18.9 Å². The van der Waals surface area contributed by atoms with Crippen LogP contribution in [-0.2, 0) is 19.7 Å². The third-order valence-electron chi connectivity index (χ3n) is 5.61. The number of fused-ring (bicyclic) bond motifs is 1. The second-order valence-electron chi connectivity index (χ2n) is 6.52. The van der Waals surface area contributed by atoms with E-state index < -0.39 is 21.7 Å². The van der Waals surface area contributed by atoms with E-state index in [2.05, 4.69) is 5.32 Å². The number of hydrogen-bond acceptors (Lipinski definition) is 6. The number of anilines is 1. The first-order chi connectivity index (χ1) is 11.4. The zero-order valence-corrected chi connectivity index (χ0v) is 13.8. The molecule has 0 spiro atoms. The summed E-state index contributed by atoms with van der Waals surface area (Å²) in [6.45, 7) is 0. The third-order valence-corrected chi connectivity index (χ3v) is 5.61. The number of hydrogen-bond donors (Lipinski definition) is 1. The molecule has 0 amide bonds. The van der Waals surface area contributed by atoms with Gasteiger partial charge in [0.1, 0.15) is 5.69 Å². The summed E-state index contributed by atoms with van der Waals surface area (Å²) < 4.78 is 4.76. The smallest absolute Gasteiger partial charge is 0.306 e. The summed E-state index contributed by atoms with van der Waals surface area (Å²) in [6, 6.07) is 4.88. The van der Waals surface area contributed by atoms with Crippen LogP contribution in [0.2, 0.25) is 0 Å². The fourth-order valence-electron chi connectivity index (χ4n) is 4.38. The number of methoxy groups -OCH3 is 1. The van der Waals surface area contributed by atoms with Gasteiger partial charge < -0.3 is 10.1 Å².